The van der Waals surface area contributed by atoms with Crippen molar-refractivity contribution in [2.24, 2.45) is 0 Å². The molecule has 1 heterocycles. The standard InChI is InChI=1S/C17H14FN3O3S/c1-10(22)19-11-6-7-13-15(8-11)25-17(20-13)21-16(23)9-24-14-5-3-2-4-12(14)18/h2-8H,9H2,1H3,(H,19,22)(H,20,21,23). The Labute approximate surface area is 146 Å². The quantitative estimate of drug-likeness (QED) is 0.732. The molecule has 128 valence electrons. The Bertz CT molecular complexity index is 942. The minimum atomic E-state index is -0.527. The molecule has 2 aromatic carbocycles. The molecule has 0 aliphatic carbocycles. The zero-order valence-corrected chi connectivity index (χ0v) is 14.0. The first-order chi connectivity index (χ1) is 12.0. The van der Waals surface area contributed by atoms with E-state index in [1.165, 1.54) is 30.4 Å². The molecule has 0 aliphatic heterocycles. The van der Waals surface area contributed by atoms with Crippen LogP contribution in [0.3, 0.4) is 0 Å². The molecule has 0 unspecified atom stereocenters. The largest absolute Gasteiger partial charge is 0.481 e. The first kappa shape index (κ1) is 16.8. The lowest BCUT2D eigenvalue weighted by molar-refractivity contribution is -0.118. The number of para-hydroxylation sites is 1. The molecule has 3 aromatic rings. The molecule has 3 rings (SSSR count). The van der Waals surface area contributed by atoms with E-state index in [2.05, 4.69) is 15.6 Å². The Morgan fingerprint density at radius 1 is 1.20 bits per heavy atom. The van der Waals surface area contributed by atoms with Crippen LogP contribution in [0.25, 0.3) is 10.2 Å². The van der Waals surface area contributed by atoms with Crippen molar-refractivity contribution >= 4 is 44.2 Å². The fourth-order valence-electron chi connectivity index (χ4n) is 2.12. The molecule has 0 atom stereocenters. The first-order valence-corrected chi connectivity index (χ1v) is 8.18. The van der Waals surface area contributed by atoms with Crippen LogP contribution in [0.2, 0.25) is 0 Å². The van der Waals surface area contributed by atoms with Crippen LogP contribution in [0, 0.1) is 5.82 Å². The molecular weight excluding hydrogens is 345 g/mol. The molecule has 0 bridgehead atoms. The maximum atomic E-state index is 13.4. The topological polar surface area (TPSA) is 80.3 Å². The molecule has 0 spiro atoms. The summed E-state index contributed by atoms with van der Waals surface area (Å²) in [5.41, 5.74) is 1.36. The molecule has 1 aromatic heterocycles. The van der Waals surface area contributed by atoms with Gasteiger partial charge in [-0.05, 0) is 30.3 Å². The summed E-state index contributed by atoms with van der Waals surface area (Å²) < 4.78 is 19.4. The third-order valence-corrected chi connectivity index (χ3v) is 4.08. The van der Waals surface area contributed by atoms with E-state index >= 15 is 0 Å². The van der Waals surface area contributed by atoms with Crippen LogP contribution in [0.4, 0.5) is 15.2 Å². The molecular formula is C17H14FN3O3S. The predicted octanol–water partition coefficient (Wildman–Crippen LogP) is 3.41. The summed E-state index contributed by atoms with van der Waals surface area (Å²) >= 11 is 1.27. The summed E-state index contributed by atoms with van der Waals surface area (Å²) in [6.45, 7) is 1.10. The van der Waals surface area contributed by atoms with Gasteiger partial charge in [0.15, 0.2) is 23.3 Å². The van der Waals surface area contributed by atoms with Gasteiger partial charge in [-0.15, -0.1) is 0 Å². The molecule has 8 heteroatoms. The number of hydrogen-bond acceptors (Lipinski definition) is 5. The predicted molar refractivity (Wildman–Crippen MR) is 94.4 cm³/mol. The van der Waals surface area contributed by atoms with E-state index in [0.29, 0.717) is 16.3 Å². The van der Waals surface area contributed by atoms with Gasteiger partial charge in [0.05, 0.1) is 10.2 Å². The fourth-order valence-corrected chi connectivity index (χ4v) is 3.04. The Morgan fingerprint density at radius 2 is 2.00 bits per heavy atom. The number of benzene rings is 2. The van der Waals surface area contributed by atoms with Crippen molar-refractivity contribution < 1.29 is 18.7 Å². The number of rotatable bonds is 5. The second-order valence-electron chi connectivity index (χ2n) is 5.15. The SMILES string of the molecule is CC(=O)Nc1ccc2nc(NC(=O)COc3ccccc3F)sc2c1. The number of nitrogens with zero attached hydrogens (tertiary/aromatic N) is 1. The Morgan fingerprint density at radius 3 is 2.76 bits per heavy atom. The van der Waals surface area contributed by atoms with Gasteiger partial charge in [-0.2, -0.15) is 0 Å². The number of aromatic nitrogens is 1. The van der Waals surface area contributed by atoms with Gasteiger partial charge in [0.2, 0.25) is 5.91 Å². The third kappa shape index (κ3) is 4.30. The smallest absolute Gasteiger partial charge is 0.264 e. The monoisotopic (exact) mass is 359 g/mol. The maximum absolute atomic E-state index is 13.4. The number of fused-ring (bicyclic) bond motifs is 1. The van der Waals surface area contributed by atoms with E-state index in [1.807, 2.05) is 0 Å². The zero-order valence-electron chi connectivity index (χ0n) is 13.2. The first-order valence-electron chi connectivity index (χ1n) is 7.36. The minimum Gasteiger partial charge on any atom is -0.481 e. The highest BCUT2D eigenvalue weighted by Gasteiger charge is 2.10. The number of carbonyl (C=O) groups is 2. The van der Waals surface area contributed by atoms with Crippen LogP contribution in [-0.4, -0.2) is 23.4 Å². The number of hydrogen-bond donors (Lipinski definition) is 2. The van der Waals surface area contributed by atoms with Crippen LogP contribution in [0.1, 0.15) is 6.92 Å². The highest BCUT2D eigenvalue weighted by Crippen LogP contribution is 2.28. The summed E-state index contributed by atoms with van der Waals surface area (Å²) in [4.78, 5) is 27.3. The van der Waals surface area contributed by atoms with Gasteiger partial charge in [-0.3, -0.25) is 14.9 Å². The lowest BCUT2D eigenvalue weighted by atomic mass is 10.3. The van der Waals surface area contributed by atoms with Crippen molar-refractivity contribution in [1.82, 2.24) is 4.98 Å². The minimum absolute atomic E-state index is 0.0156. The second kappa shape index (κ2) is 7.27. The van der Waals surface area contributed by atoms with Crippen molar-refractivity contribution in [3.05, 3.63) is 48.3 Å². The summed E-state index contributed by atoms with van der Waals surface area (Å²) in [5, 5.41) is 5.70. The van der Waals surface area contributed by atoms with E-state index in [0.717, 1.165) is 4.70 Å². The maximum Gasteiger partial charge on any atom is 0.264 e. The molecule has 0 saturated heterocycles. The number of thiazole rings is 1. The van der Waals surface area contributed by atoms with Gasteiger partial charge in [0.1, 0.15) is 0 Å². The van der Waals surface area contributed by atoms with Gasteiger partial charge in [-0.1, -0.05) is 23.5 Å². The van der Waals surface area contributed by atoms with Crippen molar-refractivity contribution in [2.75, 3.05) is 17.2 Å². The lowest BCUT2D eigenvalue weighted by Gasteiger charge is -2.06. The number of nitrogens with one attached hydrogen (secondary N) is 2. The number of carbonyl (C=O) groups excluding carboxylic acids is 2. The summed E-state index contributed by atoms with van der Waals surface area (Å²) in [6, 6.07) is 11.1. The second-order valence-corrected chi connectivity index (χ2v) is 6.18. The Hall–Kier alpha value is -3.00. The van der Waals surface area contributed by atoms with Crippen LogP contribution in [0.5, 0.6) is 5.75 Å². The fraction of sp³-hybridized carbons (Fsp3) is 0.118. The molecule has 0 saturated carbocycles. The van der Waals surface area contributed by atoms with Crippen molar-refractivity contribution in [3.63, 3.8) is 0 Å². The van der Waals surface area contributed by atoms with Crippen LogP contribution in [0.15, 0.2) is 42.5 Å². The zero-order chi connectivity index (χ0) is 17.8. The van der Waals surface area contributed by atoms with Gasteiger partial charge in [-0.25, -0.2) is 9.37 Å². The third-order valence-electron chi connectivity index (χ3n) is 3.15. The van der Waals surface area contributed by atoms with Gasteiger partial charge in [0.25, 0.3) is 5.91 Å². The molecule has 0 fully saturated rings. The van der Waals surface area contributed by atoms with E-state index in [9.17, 15) is 14.0 Å². The average molecular weight is 359 g/mol. The van der Waals surface area contributed by atoms with Crippen LogP contribution < -0.4 is 15.4 Å². The average Bonchev–Trinajstić information content (AvgIpc) is 2.95. The van der Waals surface area contributed by atoms with Crippen molar-refractivity contribution in [1.29, 1.82) is 0 Å². The van der Waals surface area contributed by atoms with Crippen LogP contribution in [-0.2, 0) is 9.59 Å². The summed E-state index contributed by atoms with van der Waals surface area (Å²) in [7, 11) is 0. The highest BCUT2D eigenvalue weighted by atomic mass is 32.1. The summed E-state index contributed by atoms with van der Waals surface area (Å²) in [6.07, 6.45) is 0. The van der Waals surface area contributed by atoms with E-state index in [1.54, 1.807) is 30.3 Å². The van der Waals surface area contributed by atoms with Crippen molar-refractivity contribution in [3.8, 4) is 5.75 Å². The van der Waals surface area contributed by atoms with E-state index < -0.39 is 11.7 Å². The number of ether oxygens (including phenoxy) is 1. The summed E-state index contributed by atoms with van der Waals surface area (Å²) in [5.74, 6) is -1.12. The number of halogens is 1. The van der Waals surface area contributed by atoms with Crippen LogP contribution >= 0.6 is 11.3 Å². The molecule has 6 nitrogen and oxygen atoms in total. The van der Waals surface area contributed by atoms with E-state index in [4.69, 9.17) is 4.74 Å². The molecule has 2 amide bonds. The van der Waals surface area contributed by atoms with E-state index in [-0.39, 0.29) is 18.3 Å². The Kier molecular flexibility index (Phi) is 4.90. The molecule has 25 heavy (non-hydrogen) atoms. The molecule has 0 aliphatic rings. The van der Waals surface area contributed by atoms with Gasteiger partial charge < -0.3 is 10.1 Å². The number of anilines is 2. The van der Waals surface area contributed by atoms with Gasteiger partial charge in [0, 0.05) is 12.6 Å². The normalized spacial score (nSPS) is 10.5. The molecule has 0 radical (unpaired) electrons. The van der Waals surface area contributed by atoms with Gasteiger partial charge >= 0.3 is 0 Å². The Balaban J connectivity index is 1.65. The molecule has 2 N–H and O–H groups in total. The lowest BCUT2D eigenvalue weighted by Crippen LogP contribution is -2.20. The highest BCUT2D eigenvalue weighted by molar-refractivity contribution is 7.22. The number of amides is 2. The van der Waals surface area contributed by atoms with Crippen molar-refractivity contribution in [2.45, 2.75) is 6.92 Å².